The molecule has 0 fully saturated rings. The molecule has 0 saturated carbocycles. The third-order valence-electron chi connectivity index (χ3n) is 3.36. The quantitative estimate of drug-likeness (QED) is 0.855. The second-order valence-electron chi connectivity index (χ2n) is 5.17. The zero-order chi connectivity index (χ0) is 15.2. The average molecular weight is 306 g/mol. The maximum atomic E-state index is 11.9. The first kappa shape index (κ1) is 15.7. The monoisotopic (exact) mass is 306 g/mol. The van der Waals surface area contributed by atoms with Crippen molar-refractivity contribution in [1.82, 2.24) is 19.9 Å². The van der Waals surface area contributed by atoms with Gasteiger partial charge in [-0.3, -0.25) is 4.79 Å². The number of rotatable bonds is 7. The highest BCUT2D eigenvalue weighted by Gasteiger charge is 2.11. The van der Waals surface area contributed by atoms with Crippen molar-refractivity contribution in [3.63, 3.8) is 0 Å². The number of aromatic nitrogens is 3. The minimum absolute atomic E-state index is 0.0749. The van der Waals surface area contributed by atoms with Gasteiger partial charge < -0.3 is 9.88 Å². The molecule has 0 spiro atoms. The van der Waals surface area contributed by atoms with Crippen molar-refractivity contribution < 1.29 is 4.79 Å². The second-order valence-corrected chi connectivity index (χ2v) is 6.06. The number of carbonyl (C=O) groups is 1. The van der Waals surface area contributed by atoms with Crippen LogP contribution in [0.3, 0.4) is 0 Å². The minimum Gasteiger partial charge on any atom is -0.355 e. The topological polar surface area (TPSA) is 59.8 Å². The zero-order valence-electron chi connectivity index (χ0n) is 12.8. The van der Waals surface area contributed by atoms with Gasteiger partial charge in [-0.05, 0) is 6.92 Å². The summed E-state index contributed by atoms with van der Waals surface area (Å²) in [5.41, 5.74) is 1.04. The number of imidazole rings is 1. The van der Waals surface area contributed by atoms with Crippen molar-refractivity contribution >= 4 is 17.2 Å². The molecule has 0 saturated heterocycles. The summed E-state index contributed by atoms with van der Waals surface area (Å²) in [6.45, 7) is 7.46. The molecule has 1 amide bonds. The Kier molecular flexibility index (Phi) is 5.50. The summed E-state index contributed by atoms with van der Waals surface area (Å²) in [6.07, 6.45) is 5.07. The van der Waals surface area contributed by atoms with Crippen LogP contribution in [0.15, 0.2) is 17.8 Å². The molecule has 0 aliphatic carbocycles. The van der Waals surface area contributed by atoms with Crippen LogP contribution in [0.25, 0.3) is 0 Å². The highest BCUT2D eigenvalue weighted by atomic mass is 32.1. The summed E-state index contributed by atoms with van der Waals surface area (Å²) in [5, 5.41) is 6.10. The lowest BCUT2D eigenvalue weighted by Gasteiger charge is -2.11. The third-order valence-corrected chi connectivity index (χ3v) is 4.56. The predicted molar refractivity (Wildman–Crippen MR) is 84.5 cm³/mol. The van der Waals surface area contributed by atoms with Crippen LogP contribution in [0, 0.1) is 6.92 Å². The molecule has 0 radical (unpaired) electrons. The van der Waals surface area contributed by atoms with Gasteiger partial charge in [-0.15, -0.1) is 11.3 Å². The Labute approximate surface area is 129 Å². The van der Waals surface area contributed by atoms with Crippen molar-refractivity contribution in [2.24, 2.45) is 0 Å². The molecule has 2 aromatic rings. The van der Waals surface area contributed by atoms with Crippen LogP contribution < -0.4 is 5.32 Å². The van der Waals surface area contributed by atoms with Crippen molar-refractivity contribution in [2.45, 2.75) is 46.1 Å². The Morgan fingerprint density at radius 3 is 3.00 bits per heavy atom. The van der Waals surface area contributed by atoms with Crippen molar-refractivity contribution in [3.8, 4) is 0 Å². The Bertz CT molecular complexity index is 590. The molecule has 2 rings (SSSR count). The first-order valence-corrected chi connectivity index (χ1v) is 8.16. The van der Waals surface area contributed by atoms with E-state index in [0.29, 0.717) is 19.5 Å². The lowest BCUT2D eigenvalue weighted by molar-refractivity contribution is -0.121. The lowest BCUT2D eigenvalue weighted by Crippen LogP contribution is -2.28. The minimum atomic E-state index is 0.0749. The molecule has 114 valence electrons. The van der Waals surface area contributed by atoms with E-state index in [2.05, 4.69) is 29.1 Å². The van der Waals surface area contributed by atoms with Gasteiger partial charge in [0, 0.05) is 55.3 Å². The van der Waals surface area contributed by atoms with E-state index in [1.165, 1.54) is 0 Å². The maximum absolute atomic E-state index is 11.9. The fourth-order valence-corrected chi connectivity index (χ4v) is 2.98. The van der Waals surface area contributed by atoms with E-state index in [4.69, 9.17) is 0 Å². The van der Waals surface area contributed by atoms with Crippen molar-refractivity contribution in [1.29, 1.82) is 0 Å². The van der Waals surface area contributed by atoms with Gasteiger partial charge in [-0.1, -0.05) is 13.8 Å². The van der Waals surface area contributed by atoms with E-state index in [0.717, 1.165) is 22.9 Å². The number of thiazole rings is 1. The predicted octanol–water partition coefficient (Wildman–Crippen LogP) is 2.52. The highest BCUT2D eigenvalue weighted by Crippen LogP contribution is 2.18. The van der Waals surface area contributed by atoms with Crippen LogP contribution in [0.5, 0.6) is 0 Å². The summed E-state index contributed by atoms with van der Waals surface area (Å²) in [6, 6.07) is 0. The number of nitrogens with one attached hydrogen (secondary N) is 1. The summed E-state index contributed by atoms with van der Waals surface area (Å²) < 4.78 is 2.03. The summed E-state index contributed by atoms with van der Waals surface area (Å²) in [7, 11) is 0. The van der Waals surface area contributed by atoms with Gasteiger partial charge in [-0.25, -0.2) is 9.97 Å². The first-order valence-electron chi connectivity index (χ1n) is 7.29. The van der Waals surface area contributed by atoms with E-state index in [-0.39, 0.29) is 11.8 Å². The lowest BCUT2D eigenvalue weighted by atomic mass is 10.2. The zero-order valence-corrected chi connectivity index (χ0v) is 13.6. The Hall–Kier alpha value is -1.69. The molecule has 0 bridgehead atoms. The fourth-order valence-electron chi connectivity index (χ4n) is 2.12. The second kappa shape index (κ2) is 7.36. The molecule has 1 unspecified atom stereocenters. The van der Waals surface area contributed by atoms with Gasteiger partial charge in [0.2, 0.25) is 5.91 Å². The van der Waals surface area contributed by atoms with Crippen LogP contribution in [0.4, 0.5) is 0 Å². The van der Waals surface area contributed by atoms with Gasteiger partial charge in [0.05, 0.1) is 5.01 Å². The first-order chi connectivity index (χ1) is 10.1. The maximum Gasteiger partial charge on any atom is 0.221 e. The smallest absolute Gasteiger partial charge is 0.221 e. The SMILES string of the molecule is CCc1nccn1CCC(=O)NCC(C)c1nc(C)cs1. The van der Waals surface area contributed by atoms with Gasteiger partial charge in [-0.2, -0.15) is 0 Å². The number of aryl methyl sites for hydroxylation is 3. The standard InChI is InChI=1S/C15H22N4OS/c1-4-13-16-6-8-19(13)7-5-14(20)17-9-11(2)15-18-12(3)10-21-15/h6,8,10-11H,4-5,7,9H2,1-3H3,(H,17,20). The summed E-state index contributed by atoms with van der Waals surface area (Å²) in [4.78, 5) is 20.6. The number of hydrogen-bond acceptors (Lipinski definition) is 4. The van der Waals surface area contributed by atoms with Crippen LogP contribution in [-0.2, 0) is 17.8 Å². The molecule has 5 nitrogen and oxygen atoms in total. The molecule has 2 aromatic heterocycles. The van der Waals surface area contributed by atoms with Gasteiger partial charge >= 0.3 is 0 Å². The number of carbonyl (C=O) groups excluding carboxylic acids is 1. The largest absolute Gasteiger partial charge is 0.355 e. The molecule has 1 N–H and O–H groups in total. The van der Waals surface area contributed by atoms with E-state index in [1.807, 2.05) is 23.1 Å². The molecule has 6 heteroatoms. The number of hydrogen-bond donors (Lipinski definition) is 1. The van der Waals surface area contributed by atoms with Gasteiger partial charge in [0.1, 0.15) is 5.82 Å². The summed E-state index contributed by atoms with van der Waals surface area (Å²) >= 11 is 1.65. The number of nitrogens with zero attached hydrogens (tertiary/aromatic N) is 3. The molecule has 0 aliphatic rings. The normalized spacial score (nSPS) is 12.3. The highest BCUT2D eigenvalue weighted by molar-refractivity contribution is 7.09. The fraction of sp³-hybridized carbons (Fsp3) is 0.533. The Morgan fingerprint density at radius 2 is 2.33 bits per heavy atom. The van der Waals surface area contributed by atoms with Crippen LogP contribution in [-0.4, -0.2) is 27.0 Å². The molecule has 0 aliphatic heterocycles. The summed E-state index contributed by atoms with van der Waals surface area (Å²) in [5.74, 6) is 1.35. The van der Waals surface area contributed by atoms with Gasteiger partial charge in [0.25, 0.3) is 0 Å². The van der Waals surface area contributed by atoms with Crippen LogP contribution in [0.2, 0.25) is 0 Å². The molecule has 1 atom stereocenters. The van der Waals surface area contributed by atoms with E-state index < -0.39 is 0 Å². The van der Waals surface area contributed by atoms with E-state index >= 15 is 0 Å². The average Bonchev–Trinajstić information content (AvgIpc) is 3.10. The Morgan fingerprint density at radius 1 is 1.52 bits per heavy atom. The van der Waals surface area contributed by atoms with E-state index in [9.17, 15) is 4.79 Å². The van der Waals surface area contributed by atoms with Crippen molar-refractivity contribution in [2.75, 3.05) is 6.54 Å². The molecular weight excluding hydrogens is 284 g/mol. The Balaban J connectivity index is 1.75. The molecule has 21 heavy (non-hydrogen) atoms. The van der Waals surface area contributed by atoms with Gasteiger partial charge in [0.15, 0.2) is 0 Å². The molecule has 2 heterocycles. The van der Waals surface area contributed by atoms with Crippen LogP contribution in [0.1, 0.15) is 42.7 Å². The van der Waals surface area contributed by atoms with Crippen LogP contribution >= 0.6 is 11.3 Å². The van der Waals surface area contributed by atoms with Crippen molar-refractivity contribution in [3.05, 3.63) is 34.3 Å². The molecular formula is C15H22N4OS. The third kappa shape index (κ3) is 4.39. The molecule has 0 aromatic carbocycles. The number of amides is 1. The van der Waals surface area contributed by atoms with E-state index in [1.54, 1.807) is 17.5 Å².